The average molecular weight is 1720 g/mol. The number of benzene rings is 2. The van der Waals surface area contributed by atoms with Crippen LogP contribution in [0.15, 0.2) is 79.6 Å². The van der Waals surface area contributed by atoms with Crippen LogP contribution in [0, 0.1) is 16.2 Å². The van der Waals surface area contributed by atoms with Gasteiger partial charge in [-0.05, 0) is 115 Å². The van der Waals surface area contributed by atoms with Crippen LogP contribution in [0.5, 0.6) is 5.75 Å². The molecule has 4 rings (SSSR count). The van der Waals surface area contributed by atoms with Crippen molar-refractivity contribution in [3.63, 3.8) is 0 Å². The van der Waals surface area contributed by atoms with Crippen molar-refractivity contribution in [3.05, 3.63) is 102 Å². The summed E-state index contributed by atoms with van der Waals surface area (Å²) in [7, 11) is 0. The SMILES string of the molecule is CC(N)C(=O)NC(CCCNC(=N)N)C(=O)NC(CCCCN)C(=O)NC(CCCNC(=N)N)C(=O)NC(CCC(=O)O)C(=O)NC(CCCNC(=N)N)C(=O)NC(C(=O)NC(Cc1ccc(O)cc1)C(=O)NC(CO)C(=O)NC(Cc1ccccc1)C(=O)NCC(=O)NC(Cc1c[nH]cn1)C(=O)NC(Cc1c[nH]cn1)C(=O)NC(C)C(=O)O)C(C)O. The lowest BCUT2D eigenvalue weighted by Gasteiger charge is -2.29. The number of nitrogens with two attached hydrogens (primary N) is 5. The highest BCUT2D eigenvalue weighted by Crippen LogP contribution is 2.15. The Morgan fingerprint density at radius 3 is 1.20 bits per heavy atom. The number of H-pyrrole nitrogens is 2. The lowest BCUT2D eigenvalue weighted by Crippen LogP contribution is -2.62. The number of aliphatic hydroxyl groups is 2. The zero-order valence-corrected chi connectivity index (χ0v) is 67.6. The number of phenols is 1. The first-order valence-corrected chi connectivity index (χ1v) is 39.0. The number of aliphatic carboxylic acids is 2. The van der Waals surface area contributed by atoms with Gasteiger partial charge in [-0.15, -0.1) is 0 Å². The number of rotatable bonds is 56. The largest absolute Gasteiger partial charge is 0.508 e. The third-order valence-electron chi connectivity index (χ3n) is 18.3. The molecule has 0 saturated carbocycles. The number of aromatic hydroxyl groups is 1. The zero-order valence-electron chi connectivity index (χ0n) is 67.6. The van der Waals surface area contributed by atoms with Crippen molar-refractivity contribution in [1.82, 2.24) is 105 Å². The minimum Gasteiger partial charge on any atom is -0.508 e. The maximum atomic E-state index is 14.7. The number of imidazole rings is 2. The van der Waals surface area contributed by atoms with Crippen LogP contribution in [0.4, 0.5) is 0 Å². The van der Waals surface area contributed by atoms with E-state index in [9.17, 15) is 97.5 Å². The lowest BCUT2D eigenvalue weighted by atomic mass is 10.0. The first kappa shape index (κ1) is 101. The molecule has 36 N–H and O–H groups in total. The summed E-state index contributed by atoms with van der Waals surface area (Å²) in [5.74, 6) is -18.0. The normalized spacial score (nSPS) is 14.4. The molecular formula is C74H114N28O20. The van der Waals surface area contributed by atoms with Gasteiger partial charge in [-0.3, -0.25) is 88.1 Å². The number of hydrogen-bond donors (Lipinski definition) is 31. The van der Waals surface area contributed by atoms with Gasteiger partial charge in [-0.25, -0.2) is 9.97 Å². The van der Waals surface area contributed by atoms with E-state index in [4.69, 9.17) is 44.9 Å². The molecule has 2 aromatic carbocycles. The van der Waals surface area contributed by atoms with Gasteiger partial charge < -0.3 is 149 Å². The fourth-order valence-corrected chi connectivity index (χ4v) is 11.7. The molecule has 4 aromatic rings. The summed E-state index contributed by atoms with van der Waals surface area (Å²) in [6.07, 6.45) is 0.733. The molecule has 0 saturated heterocycles. The maximum absolute atomic E-state index is 14.7. The number of nitrogens with one attached hydrogen (secondary N) is 21. The third kappa shape index (κ3) is 38.0. The molecule has 0 aliphatic carbocycles. The van der Waals surface area contributed by atoms with E-state index in [1.54, 1.807) is 30.3 Å². The van der Waals surface area contributed by atoms with Crippen LogP contribution < -0.4 is 114 Å². The maximum Gasteiger partial charge on any atom is 0.325 e. The third-order valence-corrected chi connectivity index (χ3v) is 18.3. The summed E-state index contributed by atoms with van der Waals surface area (Å²) < 4.78 is 0. The van der Waals surface area contributed by atoms with Crippen molar-refractivity contribution in [2.24, 2.45) is 28.7 Å². The first-order chi connectivity index (χ1) is 57.9. The molecule has 0 spiro atoms. The minimum absolute atomic E-state index is 0.00987. The zero-order chi connectivity index (χ0) is 90.5. The van der Waals surface area contributed by atoms with Gasteiger partial charge in [0.25, 0.3) is 0 Å². The molecule has 2 heterocycles. The monoisotopic (exact) mass is 1710 g/mol. The highest BCUT2D eigenvalue weighted by Gasteiger charge is 2.38. The molecule has 0 aliphatic heterocycles. The second-order valence-electron chi connectivity index (χ2n) is 28.4. The van der Waals surface area contributed by atoms with E-state index in [2.05, 4.69) is 105 Å². The molecule has 0 radical (unpaired) electrons. The van der Waals surface area contributed by atoms with Crippen molar-refractivity contribution < 1.29 is 97.5 Å². The number of aromatic nitrogens is 4. The Hall–Kier alpha value is -13.6. The number of carboxylic acid groups (broad SMARTS) is 2. The van der Waals surface area contributed by atoms with Gasteiger partial charge in [0.2, 0.25) is 76.8 Å². The van der Waals surface area contributed by atoms with Crippen molar-refractivity contribution in [1.29, 1.82) is 16.2 Å². The van der Waals surface area contributed by atoms with E-state index >= 15 is 0 Å². The Morgan fingerprint density at radius 1 is 0.426 bits per heavy atom. The highest BCUT2D eigenvalue weighted by atomic mass is 16.4. The Kier molecular flexibility index (Phi) is 43.8. The van der Waals surface area contributed by atoms with Gasteiger partial charge in [0.15, 0.2) is 17.9 Å². The second-order valence-corrected chi connectivity index (χ2v) is 28.4. The Balaban J connectivity index is 1.63. The molecule has 48 heteroatoms. The summed E-state index contributed by atoms with van der Waals surface area (Å²) in [4.78, 5) is 222. The quantitative estimate of drug-likeness (QED) is 0.0111. The number of aliphatic hydroxyl groups excluding tert-OH is 2. The molecule has 14 unspecified atom stereocenters. The number of amides is 13. The van der Waals surface area contributed by atoms with Crippen LogP contribution in [-0.2, 0) is 97.6 Å². The number of hydrogen-bond acceptors (Lipinski definition) is 25. The average Bonchev–Trinajstić information content (AvgIpc) is 1.14. The predicted molar refractivity (Wildman–Crippen MR) is 436 cm³/mol. The van der Waals surface area contributed by atoms with Crippen LogP contribution in [0.1, 0.15) is 114 Å². The number of guanidine groups is 3. The lowest BCUT2D eigenvalue weighted by molar-refractivity contribution is -0.142. The summed E-state index contributed by atoms with van der Waals surface area (Å²) >= 11 is 0. The van der Waals surface area contributed by atoms with E-state index < -0.39 is 218 Å². The number of unbranched alkanes of at least 4 members (excludes halogenated alkanes) is 1. The van der Waals surface area contributed by atoms with Crippen molar-refractivity contribution >= 4 is 107 Å². The van der Waals surface area contributed by atoms with E-state index in [0.717, 1.165) is 6.92 Å². The highest BCUT2D eigenvalue weighted by molar-refractivity contribution is 6.00. The van der Waals surface area contributed by atoms with Crippen LogP contribution in [0.25, 0.3) is 0 Å². The van der Waals surface area contributed by atoms with Crippen molar-refractivity contribution in [2.45, 2.75) is 202 Å². The number of carbonyl (C=O) groups is 15. The summed E-state index contributed by atoms with van der Waals surface area (Å²) in [5, 5.41) is 114. The molecule has 13 amide bonds. The second kappa shape index (κ2) is 53.0. The van der Waals surface area contributed by atoms with Crippen molar-refractivity contribution in [3.8, 4) is 5.75 Å². The number of carbonyl (C=O) groups excluding carboxylic acids is 13. The fourth-order valence-electron chi connectivity index (χ4n) is 11.7. The molecule has 14 atom stereocenters. The smallest absolute Gasteiger partial charge is 0.325 e. The molecule has 0 fully saturated rings. The fraction of sp³-hybridized carbons (Fsp3) is 0.514. The van der Waals surface area contributed by atoms with E-state index in [1.165, 1.54) is 63.2 Å². The Bertz CT molecular complexity index is 4140. The van der Waals surface area contributed by atoms with Crippen LogP contribution in [0.2, 0.25) is 0 Å². The standard InChI is InChI=1S/C74H114N28O20/c1-38(76)59(109)93-47(15-9-25-85-72(77)78)62(112)94-46(14-7-8-24-75)61(111)95-48(16-10-26-86-73(79)80)63(113)97-50(22-23-57(107)108)64(114)96-49(17-11-27-87-74(81)82)65(115)102-58(40(3)104)70(120)100-52(29-42-18-20-45(105)21-19-42)67(117)101-55(35-103)69(119)98-51(28-41-12-5-4-6-13-41)60(110)88-34-56(106)92-53(30-43-32-83-36-89-43)68(118)99-54(31-44-33-84-37-90-44)66(116)91-39(2)71(121)122/h4-6,12-13,18-21,32-33,36-40,46-55,58,103-105H,7-11,14-17,22-31,34-35,75-76H2,1-3H3,(H,83,89)(H,84,90)(H,88,110)(H,91,116)(H,92,106)(H,93,109)(H,94,112)(H,95,111)(H,96,114)(H,97,113)(H,98,119)(H,99,118)(H,100,120)(H,101,117)(H,102,115)(H,107,108)(H,121,122)(H4,77,78,85)(H4,79,80,86)(H4,81,82,87). The molecule has 670 valence electrons. The molecule has 2 aromatic heterocycles. The topological polar surface area (TPSA) is 809 Å². The Labute approximate surface area is 700 Å². The van der Waals surface area contributed by atoms with E-state index in [1.807, 2.05) is 0 Å². The van der Waals surface area contributed by atoms with Gasteiger partial charge in [-0.2, -0.15) is 0 Å². The first-order valence-electron chi connectivity index (χ1n) is 39.0. The van der Waals surface area contributed by atoms with E-state index in [0.29, 0.717) is 17.7 Å². The summed E-state index contributed by atoms with van der Waals surface area (Å²) in [6, 6.07) is -7.55. The molecule has 0 bridgehead atoms. The number of phenolic OH excluding ortho intramolecular Hbond substituents is 1. The molecule has 122 heavy (non-hydrogen) atoms. The molecule has 0 aliphatic rings. The number of aromatic amines is 2. The van der Waals surface area contributed by atoms with Crippen molar-refractivity contribution in [2.75, 3.05) is 39.3 Å². The van der Waals surface area contributed by atoms with Gasteiger partial charge >= 0.3 is 11.9 Å². The van der Waals surface area contributed by atoms with Crippen LogP contribution in [-0.4, -0.2) is 276 Å². The number of nitrogens with zero attached hydrogens (tertiary/aromatic N) is 2. The van der Waals surface area contributed by atoms with Crippen LogP contribution in [0.3, 0.4) is 0 Å². The predicted octanol–water partition coefficient (Wildman–Crippen LogP) is -9.35. The van der Waals surface area contributed by atoms with Gasteiger partial charge in [0.1, 0.15) is 78.3 Å². The van der Waals surface area contributed by atoms with Gasteiger partial charge in [0.05, 0.1) is 49.3 Å². The summed E-state index contributed by atoms with van der Waals surface area (Å²) in [5.41, 5.74) is 29.2. The molecular weight excluding hydrogens is 1600 g/mol. The van der Waals surface area contributed by atoms with Gasteiger partial charge in [0, 0.05) is 64.1 Å². The van der Waals surface area contributed by atoms with E-state index in [-0.39, 0.29) is 120 Å². The molecule has 48 nitrogen and oxygen atoms in total. The Morgan fingerprint density at radius 2 is 0.795 bits per heavy atom. The van der Waals surface area contributed by atoms with Gasteiger partial charge in [-0.1, -0.05) is 42.5 Å². The summed E-state index contributed by atoms with van der Waals surface area (Å²) in [6.45, 7) is 1.70. The minimum atomic E-state index is -2.05. The number of carboxylic acids is 2. The van der Waals surface area contributed by atoms with Crippen LogP contribution >= 0.6 is 0 Å².